The summed E-state index contributed by atoms with van der Waals surface area (Å²) in [5, 5.41) is 20.4. The summed E-state index contributed by atoms with van der Waals surface area (Å²) in [6, 6.07) is 2.20. The number of aliphatic hydroxyl groups is 1. The molecule has 2 bridgehead atoms. The van der Waals surface area contributed by atoms with Gasteiger partial charge in [0.25, 0.3) is 0 Å². The van der Waals surface area contributed by atoms with Crippen molar-refractivity contribution in [3.63, 3.8) is 0 Å². The predicted molar refractivity (Wildman–Crippen MR) is 142 cm³/mol. The van der Waals surface area contributed by atoms with E-state index in [1.807, 2.05) is 19.9 Å². The lowest BCUT2D eigenvalue weighted by atomic mass is 9.35. The van der Waals surface area contributed by atoms with Crippen molar-refractivity contribution >= 4 is 11.6 Å². The molecule has 5 aliphatic rings. The Bertz CT molecular complexity index is 1090. The van der Waals surface area contributed by atoms with Crippen LogP contribution in [0.1, 0.15) is 100 Å². The van der Waals surface area contributed by atoms with Gasteiger partial charge in [0.1, 0.15) is 11.7 Å². The number of carbonyl (C=O) groups is 2. The highest BCUT2D eigenvalue weighted by Crippen LogP contribution is 2.75. The molecule has 0 radical (unpaired) electrons. The highest BCUT2D eigenvalue weighted by atomic mass is 16.5. The summed E-state index contributed by atoms with van der Waals surface area (Å²) in [6.07, 6.45) is 7.65. The van der Waals surface area contributed by atoms with Gasteiger partial charge in [-0.3, -0.25) is 9.59 Å². The zero-order valence-corrected chi connectivity index (χ0v) is 24.2. The first kappa shape index (κ1) is 27.1. The number of nitriles is 1. The summed E-state index contributed by atoms with van der Waals surface area (Å²) in [6.45, 7) is 17.5. The molecule has 3 saturated carbocycles. The summed E-state index contributed by atoms with van der Waals surface area (Å²) >= 11 is 0. The molecule has 0 aromatic rings. The molecular formula is C32H47NO4. The standard InChI is InChI=1S/C32H47NO4/c1-9-31-13-11-21-29(7)12-10-20-28(5,6)26(36)19(17-33)15-30(20,8)22(29)14-24(35)32(21,37-25(31)18-34)23(31)16-27(2,3)4/h15,20-23,25,34H,9-14,16,18H2,1-8H3. The van der Waals surface area contributed by atoms with Crippen molar-refractivity contribution in [3.05, 3.63) is 11.6 Å². The van der Waals surface area contributed by atoms with Gasteiger partial charge in [-0.05, 0) is 66.6 Å². The molecule has 9 atom stereocenters. The second-order valence-electron chi connectivity index (χ2n) is 15.4. The molecule has 0 aromatic heterocycles. The van der Waals surface area contributed by atoms with Crippen LogP contribution in [0.5, 0.6) is 0 Å². The predicted octanol–water partition coefficient (Wildman–Crippen LogP) is 6.05. The molecule has 5 rings (SSSR count). The minimum absolute atomic E-state index is 0.0353. The summed E-state index contributed by atoms with van der Waals surface area (Å²) in [7, 11) is 0. The molecular weight excluding hydrogens is 462 g/mol. The average Bonchev–Trinajstić information content (AvgIpc) is 2.96. The minimum Gasteiger partial charge on any atom is -0.394 e. The number of ether oxygens (including phenoxy) is 1. The van der Waals surface area contributed by atoms with Gasteiger partial charge >= 0.3 is 0 Å². The Labute approximate surface area is 223 Å². The number of hydrogen-bond donors (Lipinski definition) is 1. The fourth-order valence-electron chi connectivity index (χ4n) is 10.9. The summed E-state index contributed by atoms with van der Waals surface area (Å²) in [5.41, 5.74) is -1.91. The number of allylic oxidation sites excluding steroid dienone is 2. The van der Waals surface area contributed by atoms with E-state index in [-0.39, 0.29) is 69.8 Å². The summed E-state index contributed by atoms with van der Waals surface area (Å²) < 4.78 is 6.95. The van der Waals surface area contributed by atoms with Crippen molar-refractivity contribution in [2.24, 2.45) is 50.7 Å². The number of carbonyl (C=O) groups excluding carboxylic acids is 2. The zero-order valence-electron chi connectivity index (χ0n) is 24.2. The van der Waals surface area contributed by atoms with Crippen molar-refractivity contribution in [2.45, 2.75) is 112 Å². The monoisotopic (exact) mass is 509 g/mol. The summed E-state index contributed by atoms with van der Waals surface area (Å²) in [5.74, 6) is 0.465. The molecule has 9 unspecified atom stereocenters. The average molecular weight is 510 g/mol. The Morgan fingerprint density at radius 3 is 2.30 bits per heavy atom. The van der Waals surface area contributed by atoms with Gasteiger partial charge in [-0.2, -0.15) is 5.26 Å². The Morgan fingerprint density at radius 2 is 1.73 bits per heavy atom. The van der Waals surface area contributed by atoms with Crippen LogP contribution in [-0.4, -0.2) is 35.0 Å². The number of fused-ring (bicyclic) bond motifs is 5. The first-order valence-electron chi connectivity index (χ1n) is 14.6. The number of Topliss-reactive ketones (excluding diaryl/α,β-unsaturated/α-hetero) is 2. The van der Waals surface area contributed by atoms with Gasteiger partial charge in [0, 0.05) is 29.1 Å². The largest absolute Gasteiger partial charge is 0.394 e. The minimum atomic E-state index is -0.856. The fraction of sp³-hybridized carbons (Fsp3) is 0.844. The van der Waals surface area contributed by atoms with Crippen LogP contribution < -0.4 is 0 Å². The lowest BCUT2D eigenvalue weighted by Gasteiger charge is -2.68. The van der Waals surface area contributed by atoms with Crippen LogP contribution in [-0.2, 0) is 14.3 Å². The Kier molecular flexibility index (Phi) is 5.86. The number of ketones is 2. The lowest BCUT2D eigenvalue weighted by Crippen LogP contribution is -2.69. The fourth-order valence-corrected chi connectivity index (χ4v) is 10.9. The molecule has 1 aliphatic heterocycles. The maximum Gasteiger partial charge on any atom is 0.178 e. The zero-order chi connectivity index (χ0) is 27.4. The van der Waals surface area contributed by atoms with Gasteiger partial charge < -0.3 is 9.84 Å². The van der Waals surface area contributed by atoms with Crippen molar-refractivity contribution < 1.29 is 19.4 Å². The van der Waals surface area contributed by atoms with Crippen LogP contribution in [0.25, 0.3) is 0 Å². The van der Waals surface area contributed by atoms with Crippen molar-refractivity contribution in [2.75, 3.05) is 6.61 Å². The maximum atomic E-state index is 14.7. The molecule has 5 heteroatoms. The van der Waals surface area contributed by atoms with Gasteiger partial charge in [-0.25, -0.2) is 0 Å². The lowest BCUT2D eigenvalue weighted by molar-refractivity contribution is -0.218. The van der Waals surface area contributed by atoms with E-state index in [4.69, 9.17) is 4.74 Å². The topological polar surface area (TPSA) is 87.4 Å². The third-order valence-electron chi connectivity index (χ3n) is 12.4. The smallest absolute Gasteiger partial charge is 0.178 e. The van der Waals surface area contributed by atoms with E-state index in [1.165, 1.54) is 0 Å². The van der Waals surface area contributed by atoms with E-state index in [1.54, 1.807) is 0 Å². The highest BCUT2D eigenvalue weighted by molar-refractivity contribution is 6.04. The first-order valence-corrected chi connectivity index (χ1v) is 14.6. The van der Waals surface area contributed by atoms with Crippen LogP contribution in [0.2, 0.25) is 0 Å². The highest BCUT2D eigenvalue weighted by Gasteiger charge is 2.77. The Balaban J connectivity index is 1.67. The molecule has 1 saturated heterocycles. The molecule has 204 valence electrons. The van der Waals surface area contributed by atoms with E-state index in [0.29, 0.717) is 6.42 Å². The molecule has 5 nitrogen and oxygen atoms in total. The van der Waals surface area contributed by atoms with Crippen molar-refractivity contribution in [1.82, 2.24) is 0 Å². The van der Waals surface area contributed by atoms with Crippen LogP contribution in [0.3, 0.4) is 0 Å². The van der Waals surface area contributed by atoms with Gasteiger partial charge in [-0.15, -0.1) is 0 Å². The third-order valence-corrected chi connectivity index (χ3v) is 12.4. The van der Waals surface area contributed by atoms with Crippen LogP contribution in [0.4, 0.5) is 0 Å². The van der Waals surface area contributed by atoms with Gasteiger partial charge in [0.2, 0.25) is 0 Å². The molecule has 0 aromatic carbocycles. The molecule has 1 N–H and O–H groups in total. The molecule has 4 aliphatic carbocycles. The SMILES string of the molecule is CCC12CCC3C4(C)CCC5C(C)(C)C(=O)C(C#N)=CC5(C)C4CC(=O)C3(OC1CO)C2CC(C)(C)C. The first-order chi connectivity index (χ1) is 17.1. The van der Waals surface area contributed by atoms with Crippen molar-refractivity contribution in [1.29, 1.82) is 5.26 Å². The third kappa shape index (κ3) is 3.21. The van der Waals surface area contributed by atoms with Gasteiger partial charge in [0.15, 0.2) is 11.6 Å². The molecule has 0 amide bonds. The molecule has 1 heterocycles. The molecule has 37 heavy (non-hydrogen) atoms. The second kappa shape index (κ2) is 8.01. The summed E-state index contributed by atoms with van der Waals surface area (Å²) in [4.78, 5) is 27.9. The van der Waals surface area contributed by atoms with E-state index >= 15 is 0 Å². The number of aliphatic hydroxyl groups excluding tert-OH is 1. The number of nitrogens with zero attached hydrogens (tertiary/aromatic N) is 1. The Morgan fingerprint density at radius 1 is 1.08 bits per heavy atom. The molecule has 4 fully saturated rings. The second-order valence-corrected chi connectivity index (χ2v) is 15.4. The molecule has 1 spiro atoms. The van der Waals surface area contributed by atoms with Crippen LogP contribution >= 0.6 is 0 Å². The van der Waals surface area contributed by atoms with Gasteiger partial charge in [-0.1, -0.05) is 61.5 Å². The van der Waals surface area contributed by atoms with Crippen LogP contribution in [0, 0.1) is 62.1 Å². The van der Waals surface area contributed by atoms with E-state index in [9.17, 15) is 20.0 Å². The maximum absolute atomic E-state index is 14.7. The van der Waals surface area contributed by atoms with Crippen LogP contribution in [0.15, 0.2) is 11.6 Å². The Hall–Kier alpha value is -1.51. The van der Waals surface area contributed by atoms with E-state index in [0.717, 1.165) is 38.5 Å². The van der Waals surface area contributed by atoms with E-state index in [2.05, 4.69) is 47.6 Å². The van der Waals surface area contributed by atoms with E-state index < -0.39 is 16.4 Å². The quantitative estimate of drug-likeness (QED) is 0.501. The normalized spacial score (nSPS) is 48.4. The van der Waals surface area contributed by atoms with Gasteiger partial charge in [0.05, 0.1) is 18.3 Å². The van der Waals surface area contributed by atoms with Crippen molar-refractivity contribution in [3.8, 4) is 6.07 Å². The number of hydrogen-bond acceptors (Lipinski definition) is 5. The number of rotatable bonds is 3.